The molecule has 0 bridgehead atoms. The second kappa shape index (κ2) is 12.8. The minimum Gasteiger partial charge on any atom is -0.455 e. The van der Waals surface area contributed by atoms with E-state index in [-0.39, 0.29) is 5.41 Å². The van der Waals surface area contributed by atoms with Gasteiger partial charge in [-0.05, 0) is 101 Å². The highest BCUT2D eigenvalue weighted by Gasteiger charge is 2.44. The first-order chi connectivity index (χ1) is 28.3. The Morgan fingerprint density at radius 1 is 0.552 bits per heavy atom. The Morgan fingerprint density at radius 3 is 1.97 bits per heavy atom. The summed E-state index contributed by atoms with van der Waals surface area (Å²) in [5.74, 6) is 0. The molecule has 282 valence electrons. The van der Waals surface area contributed by atoms with Gasteiger partial charge < -0.3 is 13.9 Å². The lowest BCUT2D eigenvalue weighted by atomic mass is 9.73. The largest absolute Gasteiger partial charge is 0.455 e. The van der Waals surface area contributed by atoms with E-state index in [1.807, 2.05) is 0 Å². The molecular weight excluding hydrogens is 721 g/mol. The quantitative estimate of drug-likeness (QED) is 0.151. The van der Waals surface area contributed by atoms with E-state index in [4.69, 9.17) is 4.42 Å². The second-order valence-electron chi connectivity index (χ2n) is 17.1. The predicted molar refractivity (Wildman–Crippen MR) is 250 cm³/mol. The number of aromatic nitrogens is 1. The van der Waals surface area contributed by atoms with Crippen molar-refractivity contribution >= 4 is 84.8 Å². The van der Waals surface area contributed by atoms with Crippen LogP contribution >= 0.6 is 0 Å². The summed E-state index contributed by atoms with van der Waals surface area (Å²) in [7, 11) is -1.55. The monoisotopic (exact) mass is 766 g/mol. The fourth-order valence-corrected chi connectivity index (χ4v) is 11.4. The van der Waals surface area contributed by atoms with Crippen molar-refractivity contribution in [2.24, 2.45) is 0 Å². The maximum atomic E-state index is 7.17. The van der Waals surface area contributed by atoms with Gasteiger partial charge in [0.15, 0.2) is 0 Å². The number of rotatable bonds is 7. The van der Waals surface area contributed by atoms with Crippen LogP contribution in [0.5, 0.6) is 0 Å². The molecule has 0 aliphatic heterocycles. The number of anilines is 3. The first-order valence-corrected chi connectivity index (χ1v) is 24.3. The number of nitrogens with zero attached hydrogens (tertiary/aromatic N) is 2. The van der Waals surface area contributed by atoms with Gasteiger partial charge in [-0.25, -0.2) is 0 Å². The average Bonchev–Trinajstić information content (AvgIpc) is 3.90. The van der Waals surface area contributed by atoms with Crippen molar-refractivity contribution < 1.29 is 4.42 Å². The van der Waals surface area contributed by atoms with Crippen LogP contribution < -0.4 is 10.1 Å². The molecule has 0 atom stereocenters. The normalized spacial score (nSPS) is 13.5. The summed E-state index contributed by atoms with van der Waals surface area (Å²) < 4.78 is 9.57. The number of fused-ring (bicyclic) bond motifs is 12. The lowest BCUT2D eigenvalue weighted by Crippen LogP contribution is -2.37. The maximum Gasteiger partial charge on any atom is 0.145 e. The van der Waals surface area contributed by atoms with Crippen LogP contribution in [0.25, 0.3) is 71.3 Å². The van der Waals surface area contributed by atoms with Gasteiger partial charge in [-0.2, -0.15) is 0 Å². The Morgan fingerprint density at radius 2 is 1.21 bits per heavy atom. The van der Waals surface area contributed by atoms with Crippen molar-refractivity contribution in [2.75, 3.05) is 4.90 Å². The van der Waals surface area contributed by atoms with Gasteiger partial charge in [0.2, 0.25) is 0 Å². The standard InChI is InChI=1S/C54H46N2OSi/c1-6-54(7-2)44-31-25-35-17-11-12-20-40(35)50(44)52-45(54)34-48(51-42-22-14-16-24-49(42)57-53(51)52)55(37-26-29-39(30-27-37)58(3,4)5)38-28-32-47-43(33-38)41-21-13-15-23-46(41)56(47)36-18-9-8-10-19-36/h8-34H,6-7H2,1-5H3. The number of hydrogen-bond acceptors (Lipinski definition) is 2. The summed E-state index contributed by atoms with van der Waals surface area (Å²) >= 11 is 0. The number of benzene rings is 8. The van der Waals surface area contributed by atoms with Gasteiger partial charge >= 0.3 is 0 Å². The predicted octanol–water partition coefficient (Wildman–Crippen LogP) is 14.9. The zero-order valence-corrected chi connectivity index (χ0v) is 34.8. The smallest absolute Gasteiger partial charge is 0.145 e. The van der Waals surface area contributed by atoms with Gasteiger partial charge in [0.1, 0.15) is 11.2 Å². The number of para-hydroxylation sites is 3. The summed E-state index contributed by atoms with van der Waals surface area (Å²) in [6, 6.07) is 60.8. The fourth-order valence-electron chi connectivity index (χ4n) is 10.3. The van der Waals surface area contributed by atoms with Crippen molar-refractivity contribution in [2.45, 2.75) is 51.7 Å². The van der Waals surface area contributed by atoms with Crippen LogP contribution in [-0.4, -0.2) is 12.6 Å². The summed E-state index contributed by atoms with van der Waals surface area (Å²) in [6.45, 7) is 12.0. The van der Waals surface area contributed by atoms with Gasteiger partial charge in [0.05, 0.1) is 30.2 Å². The van der Waals surface area contributed by atoms with Crippen LogP contribution in [0, 0.1) is 0 Å². The Hall–Kier alpha value is -6.36. The third-order valence-corrected chi connectivity index (χ3v) is 15.3. The molecule has 0 spiro atoms. The molecule has 4 heteroatoms. The molecule has 0 fully saturated rings. The van der Waals surface area contributed by atoms with E-state index in [0.29, 0.717) is 0 Å². The number of hydrogen-bond donors (Lipinski definition) is 0. The fraction of sp³-hybridized carbons (Fsp3) is 0.148. The van der Waals surface area contributed by atoms with Crippen LogP contribution in [0.4, 0.5) is 17.1 Å². The second-order valence-corrected chi connectivity index (χ2v) is 22.2. The molecule has 8 aromatic carbocycles. The van der Waals surface area contributed by atoms with E-state index in [1.165, 1.54) is 60.0 Å². The van der Waals surface area contributed by atoms with E-state index in [9.17, 15) is 0 Å². The highest BCUT2D eigenvalue weighted by atomic mass is 28.3. The third kappa shape index (κ3) is 4.91. The lowest BCUT2D eigenvalue weighted by Gasteiger charge is -2.32. The zero-order chi connectivity index (χ0) is 39.3. The molecule has 11 rings (SSSR count). The molecule has 1 aliphatic rings. The molecule has 10 aromatic rings. The first-order valence-electron chi connectivity index (χ1n) is 20.8. The molecule has 1 aliphatic carbocycles. The van der Waals surface area contributed by atoms with E-state index < -0.39 is 8.07 Å². The molecule has 0 radical (unpaired) electrons. The highest BCUT2D eigenvalue weighted by molar-refractivity contribution is 6.88. The van der Waals surface area contributed by atoms with E-state index in [2.05, 4.69) is 207 Å². The Balaban J connectivity index is 1.26. The number of furan rings is 1. The van der Waals surface area contributed by atoms with E-state index in [1.54, 1.807) is 0 Å². The van der Waals surface area contributed by atoms with Gasteiger partial charge in [-0.1, -0.05) is 142 Å². The van der Waals surface area contributed by atoms with Gasteiger partial charge in [-0.15, -0.1) is 0 Å². The van der Waals surface area contributed by atoms with Gasteiger partial charge in [0.25, 0.3) is 0 Å². The lowest BCUT2D eigenvalue weighted by molar-refractivity contribution is 0.490. The van der Waals surface area contributed by atoms with Crippen LogP contribution in [0.1, 0.15) is 37.8 Å². The van der Waals surface area contributed by atoms with Crippen molar-refractivity contribution in [3.63, 3.8) is 0 Å². The molecule has 0 saturated carbocycles. The topological polar surface area (TPSA) is 21.3 Å². The molecule has 0 N–H and O–H groups in total. The third-order valence-electron chi connectivity index (χ3n) is 13.2. The molecule has 0 amide bonds. The molecule has 58 heavy (non-hydrogen) atoms. The summed E-state index contributed by atoms with van der Waals surface area (Å²) in [4.78, 5) is 2.52. The maximum absolute atomic E-state index is 7.17. The van der Waals surface area contributed by atoms with Crippen molar-refractivity contribution in [1.82, 2.24) is 4.57 Å². The van der Waals surface area contributed by atoms with Crippen LogP contribution in [0.3, 0.4) is 0 Å². The molecule has 3 nitrogen and oxygen atoms in total. The Bertz CT molecular complexity index is 3230. The van der Waals surface area contributed by atoms with Crippen LogP contribution in [0.2, 0.25) is 19.6 Å². The molecule has 0 unspecified atom stereocenters. The average molecular weight is 767 g/mol. The van der Waals surface area contributed by atoms with Crippen molar-refractivity contribution in [3.8, 4) is 16.8 Å². The van der Waals surface area contributed by atoms with Crippen LogP contribution in [-0.2, 0) is 5.41 Å². The first kappa shape index (κ1) is 34.9. The van der Waals surface area contributed by atoms with E-state index >= 15 is 0 Å². The van der Waals surface area contributed by atoms with Crippen LogP contribution in [0.15, 0.2) is 168 Å². The molecule has 0 saturated heterocycles. The SMILES string of the molecule is CCC1(CC)c2ccc3ccccc3c2-c2c1cc(N(c1ccc([Si](C)(C)C)cc1)c1ccc3c(c1)c1ccccc1n3-c1ccccc1)c1c2oc2ccccc21. The minimum atomic E-state index is -1.55. The van der Waals surface area contributed by atoms with Gasteiger partial charge in [0, 0.05) is 44.2 Å². The summed E-state index contributed by atoms with van der Waals surface area (Å²) in [5, 5.41) is 8.75. The zero-order valence-electron chi connectivity index (χ0n) is 33.8. The molecular formula is C54H46N2OSi. The highest BCUT2D eigenvalue weighted by Crippen LogP contribution is 2.60. The van der Waals surface area contributed by atoms with Crippen molar-refractivity contribution in [1.29, 1.82) is 0 Å². The minimum absolute atomic E-state index is 0.170. The Labute approximate surface area is 340 Å². The Kier molecular flexibility index (Phi) is 7.71. The van der Waals surface area contributed by atoms with E-state index in [0.717, 1.165) is 57.5 Å². The molecule has 2 heterocycles. The summed E-state index contributed by atoms with van der Waals surface area (Å²) in [6.07, 6.45) is 1.98. The van der Waals surface area contributed by atoms with Crippen molar-refractivity contribution in [3.05, 3.63) is 175 Å². The summed E-state index contributed by atoms with van der Waals surface area (Å²) in [5.41, 5.74) is 14.0. The van der Waals surface area contributed by atoms with Gasteiger partial charge in [-0.3, -0.25) is 0 Å². The molecule has 2 aromatic heterocycles.